The largest absolute Gasteiger partial charge is 0.495 e. The lowest BCUT2D eigenvalue weighted by molar-refractivity contribution is 0.413. The molecule has 0 aliphatic heterocycles. The van der Waals surface area contributed by atoms with Gasteiger partial charge in [0.15, 0.2) is 0 Å². The Morgan fingerprint density at radius 2 is 2.15 bits per heavy atom. The lowest BCUT2D eigenvalue weighted by Crippen LogP contribution is -1.86. The summed E-state index contributed by atoms with van der Waals surface area (Å²) in [4.78, 5) is 0. The molecule has 0 saturated heterocycles. The van der Waals surface area contributed by atoms with Crippen molar-refractivity contribution < 1.29 is 4.74 Å². The van der Waals surface area contributed by atoms with Gasteiger partial charge in [0.25, 0.3) is 0 Å². The second kappa shape index (κ2) is 5.55. The molecule has 1 rings (SSSR count). The second-order valence-corrected chi connectivity index (χ2v) is 2.92. The number of ether oxygens (including phenoxy) is 1. The molecule has 0 fully saturated rings. The minimum Gasteiger partial charge on any atom is -0.495 e. The van der Waals surface area contributed by atoms with Gasteiger partial charge in [-0.3, -0.25) is 0 Å². The van der Waals surface area contributed by atoms with Gasteiger partial charge in [-0.1, -0.05) is 24.0 Å². The molecule has 0 heterocycles. The van der Waals surface area contributed by atoms with Gasteiger partial charge in [-0.25, -0.2) is 0 Å². The van der Waals surface area contributed by atoms with E-state index in [0.717, 1.165) is 23.5 Å². The minimum atomic E-state index is 0.794. The van der Waals surface area contributed by atoms with Crippen LogP contribution in [0, 0.1) is 11.8 Å². The van der Waals surface area contributed by atoms with E-state index >= 15 is 0 Å². The number of rotatable bonds is 2. The summed E-state index contributed by atoms with van der Waals surface area (Å²) in [5, 5.41) is 0. The molecule has 0 aliphatic carbocycles. The van der Waals surface area contributed by atoms with Gasteiger partial charge < -0.3 is 4.74 Å². The number of thiol groups is 1. The third-order valence-electron chi connectivity index (χ3n) is 1.57. The standard InChI is InChI=1S/C11H12OS/c1-12-11-8-3-2-6-10(11)7-4-5-9-13/h2-3,6,8,13H,5,9H2,1H3. The van der Waals surface area contributed by atoms with Crippen LogP contribution in [0.1, 0.15) is 12.0 Å². The second-order valence-electron chi connectivity index (χ2n) is 2.48. The maximum absolute atomic E-state index is 5.15. The minimum absolute atomic E-state index is 0.794. The van der Waals surface area contributed by atoms with Crippen LogP contribution in [-0.2, 0) is 0 Å². The van der Waals surface area contributed by atoms with Crippen LogP contribution in [0.2, 0.25) is 0 Å². The first-order chi connectivity index (χ1) is 6.38. The van der Waals surface area contributed by atoms with E-state index in [2.05, 4.69) is 24.5 Å². The molecule has 1 nitrogen and oxygen atoms in total. The summed E-state index contributed by atoms with van der Waals surface area (Å²) in [7, 11) is 1.65. The average molecular weight is 192 g/mol. The molecular weight excluding hydrogens is 180 g/mol. The predicted molar refractivity (Wildman–Crippen MR) is 58.3 cm³/mol. The zero-order valence-electron chi connectivity index (χ0n) is 7.58. The zero-order chi connectivity index (χ0) is 9.52. The number of hydrogen-bond donors (Lipinski definition) is 1. The summed E-state index contributed by atoms with van der Waals surface area (Å²) in [6, 6.07) is 7.74. The molecule has 0 spiro atoms. The molecule has 0 bridgehead atoms. The monoisotopic (exact) mass is 192 g/mol. The Hall–Kier alpha value is -1.07. The predicted octanol–water partition coefficient (Wildman–Crippen LogP) is 2.37. The molecule has 0 saturated carbocycles. The van der Waals surface area contributed by atoms with E-state index < -0.39 is 0 Å². The molecule has 0 aromatic heterocycles. The molecule has 13 heavy (non-hydrogen) atoms. The molecule has 68 valence electrons. The molecule has 0 unspecified atom stereocenters. The fourth-order valence-corrected chi connectivity index (χ4v) is 1.07. The van der Waals surface area contributed by atoms with Crippen LogP contribution in [0.5, 0.6) is 5.75 Å². The molecule has 2 heteroatoms. The summed E-state index contributed by atoms with van der Waals surface area (Å²) >= 11 is 4.08. The van der Waals surface area contributed by atoms with E-state index in [1.165, 1.54) is 0 Å². The van der Waals surface area contributed by atoms with E-state index in [9.17, 15) is 0 Å². The Labute approximate surface area is 84.5 Å². The van der Waals surface area contributed by atoms with Crippen LogP contribution in [0.4, 0.5) is 0 Å². The highest BCUT2D eigenvalue weighted by Gasteiger charge is 1.95. The third-order valence-corrected chi connectivity index (χ3v) is 1.79. The molecule has 1 aromatic rings. The van der Waals surface area contributed by atoms with Crippen LogP contribution in [0.15, 0.2) is 24.3 Å². The molecule has 0 N–H and O–H groups in total. The fraction of sp³-hybridized carbons (Fsp3) is 0.273. The van der Waals surface area contributed by atoms with Crippen molar-refractivity contribution in [3.63, 3.8) is 0 Å². The van der Waals surface area contributed by atoms with Gasteiger partial charge in [-0.15, -0.1) is 0 Å². The van der Waals surface area contributed by atoms with Crippen molar-refractivity contribution in [3.8, 4) is 17.6 Å². The number of hydrogen-bond acceptors (Lipinski definition) is 2. The van der Waals surface area contributed by atoms with Crippen molar-refractivity contribution in [2.75, 3.05) is 12.9 Å². The van der Waals surface area contributed by atoms with E-state index in [0.29, 0.717) is 0 Å². The molecule has 0 amide bonds. The van der Waals surface area contributed by atoms with Crippen LogP contribution >= 0.6 is 12.6 Å². The molecule has 0 radical (unpaired) electrons. The summed E-state index contributed by atoms with van der Waals surface area (Å²) in [5.41, 5.74) is 0.937. The van der Waals surface area contributed by atoms with Gasteiger partial charge in [0, 0.05) is 12.2 Å². The van der Waals surface area contributed by atoms with E-state index in [1.807, 2.05) is 24.3 Å². The molecule has 0 atom stereocenters. The maximum Gasteiger partial charge on any atom is 0.134 e. The number of methoxy groups -OCH3 is 1. The average Bonchev–Trinajstić information content (AvgIpc) is 2.19. The topological polar surface area (TPSA) is 9.23 Å². The first kappa shape index (κ1) is 10.0. The maximum atomic E-state index is 5.15. The van der Waals surface area contributed by atoms with E-state index in [4.69, 9.17) is 4.74 Å². The fourth-order valence-electron chi connectivity index (χ4n) is 0.962. The van der Waals surface area contributed by atoms with Gasteiger partial charge >= 0.3 is 0 Å². The van der Waals surface area contributed by atoms with Gasteiger partial charge in [0.05, 0.1) is 12.7 Å². The molecular formula is C11H12OS. The van der Waals surface area contributed by atoms with Crippen molar-refractivity contribution in [3.05, 3.63) is 29.8 Å². The van der Waals surface area contributed by atoms with Crippen LogP contribution in [0.25, 0.3) is 0 Å². The summed E-state index contributed by atoms with van der Waals surface area (Å²) in [6.07, 6.45) is 0.807. The lowest BCUT2D eigenvalue weighted by atomic mass is 10.2. The van der Waals surface area contributed by atoms with Crippen molar-refractivity contribution in [2.45, 2.75) is 6.42 Å². The molecule has 0 aliphatic rings. The number of para-hydroxylation sites is 1. The highest BCUT2D eigenvalue weighted by molar-refractivity contribution is 7.80. The molecule has 1 aromatic carbocycles. The van der Waals surface area contributed by atoms with Crippen LogP contribution in [-0.4, -0.2) is 12.9 Å². The van der Waals surface area contributed by atoms with Gasteiger partial charge in [0.2, 0.25) is 0 Å². The Morgan fingerprint density at radius 1 is 1.38 bits per heavy atom. The summed E-state index contributed by atoms with van der Waals surface area (Å²) < 4.78 is 5.15. The lowest BCUT2D eigenvalue weighted by Gasteiger charge is -2.00. The summed E-state index contributed by atoms with van der Waals surface area (Å²) in [6.45, 7) is 0. The SMILES string of the molecule is COc1ccccc1C#CCCS. The van der Waals surface area contributed by atoms with Crippen molar-refractivity contribution in [2.24, 2.45) is 0 Å². The highest BCUT2D eigenvalue weighted by atomic mass is 32.1. The smallest absolute Gasteiger partial charge is 0.134 e. The number of benzene rings is 1. The van der Waals surface area contributed by atoms with Crippen molar-refractivity contribution in [1.82, 2.24) is 0 Å². The van der Waals surface area contributed by atoms with Crippen molar-refractivity contribution >= 4 is 12.6 Å². The van der Waals surface area contributed by atoms with E-state index in [-0.39, 0.29) is 0 Å². The first-order valence-corrected chi connectivity index (χ1v) is 4.74. The van der Waals surface area contributed by atoms with Gasteiger partial charge in [-0.05, 0) is 12.1 Å². The highest BCUT2D eigenvalue weighted by Crippen LogP contribution is 2.15. The first-order valence-electron chi connectivity index (χ1n) is 4.11. The Balaban J connectivity index is 2.82. The van der Waals surface area contributed by atoms with Crippen LogP contribution < -0.4 is 4.74 Å². The van der Waals surface area contributed by atoms with Gasteiger partial charge in [0.1, 0.15) is 5.75 Å². The Morgan fingerprint density at radius 3 is 2.85 bits per heavy atom. The Bertz CT molecular complexity index is 322. The summed E-state index contributed by atoms with van der Waals surface area (Å²) in [5.74, 6) is 7.68. The van der Waals surface area contributed by atoms with Gasteiger partial charge in [-0.2, -0.15) is 12.6 Å². The van der Waals surface area contributed by atoms with E-state index in [1.54, 1.807) is 7.11 Å². The zero-order valence-corrected chi connectivity index (χ0v) is 8.47. The Kier molecular flexibility index (Phi) is 4.28. The van der Waals surface area contributed by atoms with Crippen LogP contribution in [0.3, 0.4) is 0 Å². The van der Waals surface area contributed by atoms with Crippen molar-refractivity contribution in [1.29, 1.82) is 0 Å². The quantitative estimate of drug-likeness (QED) is 0.559. The normalized spacial score (nSPS) is 8.77. The third kappa shape index (κ3) is 3.04.